The van der Waals surface area contributed by atoms with E-state index in [9.17, 15) is 0 Å². The summed E-state index contributed by atoms with van der Waals surface area (Å²) in [6.07, 6.45) is 0. The molecule has 0 fully saturated rings. The highest BCUT2D eigenvalue weighted by atomic mass is 15.3. The van der Waals surface area contributed by atoms with Gasteiger partial charge in [-0.3, -0.25) is 4.57 Å². The molecule has 0 spiro atoms. The van der Waals surface area contributed by atoms with Crippen molar-refractivity contribution in [3.63, 3.8) is 0 Å². The Morgan fingerprint density at radius 2 is 0.673 bits per heavy atom. The van der Waals surface area contributed by atoms with E-state index in [4.69, 9.17) is 5.10 Å². The van der Waals surface area contributed by atoms with Crippen molar-refractivity contribution in [3.8, 4) is 45.3 Å². The van der Waals surface area contributed by atoms with Gasteiger partial charge in [-0.15, -0.1) is 10.2 Å². The fraction of sp³-hybridized carbons (Fsp3) is 0. The minimum absolute atomic E-state index is 0.788. The number of hydrogen-bond donors (Lipinski definition) is 0. The summed E-state index contributed by atoms with van der Waals surface area (Å²) in [7, 11) is 0. The van der Waals surface area contributed by atoms with E-state index >= 15 is 0 Å². The highest BCUT2D eigenvalue weighted by molar-refractivity contribution is 6.09. The first kappa shape index (κ1) is 32.2. The van der Waals surface area contributed by atoms with Crippen LogP contribution in [0.4, 0.5) is 17.1 Å². The Hall–Kier alpha value is -7.50. The smallest absolute Gasteiger partial charge is 0.168 e. The Bertz CT molecular complexity index is 2820. The van der Waals surface area contributed by atoms with Crippen molar-refractivity contribution < 1.29 is 0 Å². The summed E-state index contributed by atoms with van der Waals surface area (Å²) in [6.45, 7) is 0. The van der Waals surface area contributed by atoms with E-state index in [2.05, 4.69) is 195 Å². The second-order valence-corrected chi connectivity index (χ2v) is 13.6. The molecule has 0 saturated carbocycles. The highest BCUT2D eigenvalue weighted by Gasteiger charge is 2.19. The second-order valence-electron chi connectivity index (χ2n) is 13.6. The van der Waals surface area contributed by atoms with Gasteiger partial charge < -0.3 is 9.47 Å². The fourth-order valence-corrected chi connectivity index (χ4v) is 7.66. The molecule has 10 aromatic rings. The maximum atomic E-state index is 4.71. The van der Waals surface area contributed by atoms with Gasteiger partial charge in [0.15, 0.2) is 11.6 Å². The van der Waals surface area contributed by atoms with Crippen molar-refractivity contribution in [2.45, 2.75) is 0 Å². The van der Waals surface area contributed by atoms with E-state index in [1.807, 2.05) is 36.4 Å². The lowest BCUT2D eigenvalue weighted by Gasteiger charge is -2.26. The molecule has 55 heavy (non-hydrogen) atoms. The zero-order valence-corrected chi connectivity index (χ0v) is 29.9. The minimum Gasteiger partial charge on any atom is -0.311 e. The number of rotatable bonds is 8. The zero-order valence-electron chi connectivity index (χ0n) is 29.9. The molecule has 0 bridgehead atoms. The summed E-state index contributed by atoms with van der Waals surface area (Å²) in [5.41, 5.74) is 12.1. The molecule has 0 saturated heterocycles. The third-order valence-corrected chi connectivity index (χ3v) is 10.3. The molecule has 0 radical (unpaired) electrons. The van der Waals surface area contributed by atoms with E-state index in [0.29, 0.717) is 0 Å². The highest BCUT2D eigenvalue weighted by Crippen LogP contribution is 2.38. The molecule has 10 rings (SSSR count). The number of anilines is 3. The van der Waals surface area contributed by atoms with Crippen molar-refractivity contribution in [1.82, 2.24) is 19.3 Å². The lowest BCUT2D eigenvalue weighted by atomic mass is 10.0. The van der Waals surface area contributed by atoms with Gasteiger partial charge in [-0.25, -0.2) is 0 Å². The molecule has 260 valence electrons. The Kier molecular flexibility index (Phi) is 8.08. The van der Waals surface area contributed by atoms with Gasteiger partial charge in [0.2, 0.25) is 0 Å². The van der Waals surface area contributed by atoms with Crippen LogP contribution >= 0.6 is 0 Å². The monoisotopic (exact) mass is 705 g/mol. The number of hydrogen-bond acceptors (Lipinski definition) is 3. The molecule has 0 aliphatic rings. The van der Waals surface area contributed by atoms with Crippen molar-refractivity contribution >= 4 is 38.9 Å². The van der Waals surface area contributed by atoms with Crippen molar-refractivity contribution in [1.29, 1.82) is 0 Å². The van der Waals surface area contributed by atoms with E-state index in [0.717, 1.165) is 56.8 Å². The largest absolute Gasteiger partial charge is 0.311 e. The van der Waals surface area contributed by atoms with Crippen molar-refractivity contribution in [3.05, 3.63) is 212 Å². The van der Waals surface area contributed by atoms with E-state index in [1.54, 1.807) is 0 Å². The van der Waals surface area contributed by atoms with Crippen LogP contribution in [-0.4, -0.2) is 19.3 Å². The number of para-hydroxylation sites is 4. The van der Waals surface area contributed by atoms with Gasteiger partial charge in [0.1, 0.15) is 0 Å². The lowest BCUT2D eigenvalue weighted by molar-refractivity contribution is 1.07. The standard InChI is InChI=1S/C50H35N5/c1-4-14-38(15-5-1)49-51-52-50(55(49)41-18-8-3-9-19-41)39-28-34-43(35-29-39)53(40-16-6-2-7-17-40)42-30-24-36(25-31-42)37-26-32-44(33-27-37)54-47-22-12-10-20-45(47)46-21-11-13-23-48(46)54/h1-35H. The van der Waals surface area contributed by atoms with Crippen LogP contribution in [0.25, 0.3) is 67.1 Å². The molecule has 0 aliphatic carbocycles. The minimum atomic E-state index is 0.788. The third kappa shape index (κ3) is 5.85. The predicted octanol–water partition coefficient (Wildman–Crippen LogP) is 12.8. The number of aromatic nitrogens is 4. The summed E-state index contributed by atoms with van der Waals surface area (Å²) in [6, 6.07) is 74.6. The summed E-state index contributed by atoms with van der Waals surface area (Å²) in [5.74, 6) is 1.59. The predicted molar refractivity (Wildman–Crippen MR) is 227 cm³/mol. The van der Waals surface area contributed by atoms with Gasteiger partial charge in [-0.2, -0.15) is 0 Å². The van der Waals surface area contributed by atoms with Crippen molar-refractivity contribution in [2.24, 2.45) is 0 Å². The van der Waals surface area contributed by atoms with Crippen LogP contribution in [0.15, 0.2) is 212 Å². The van der Waals surface area contributed by atoms with E-state index in [-0.39, 0.29) is 0 Å². The summed E-state index contributed by atoms with van der Waals surface area (Å²) < 4.78 is 4.49. The number of benzene rings is 8. The molecule has 8 aromatic carbocycles. The van der Waals surface area contributed by atoms with Crippen LogP contribution in [-0.2, 0) is 0 Å². The first-order valence-electron chi connectivity index (χ1n) is 18.5. The molecular formula is C50H35N5. The molecule has 5 nitrogen and oxygen atoms in total. The van der Waals surface area contributed by atoms with Gasteiger partial charge in [-0.1, -0.05) is 127 Å². The first-order valence-corrected chi connectivity index (χ1v) is 18.5. The van der Waals surface area contributed by atoms with E-state index < -0.39 is 0 Å². The quantitative estimate of drug-likeness (QED) is 0.158. The zero-order chi connectivity index (χ0) is 36.6. The molecule has 0 aliphatic heterocycles. The SMILES string of the molecule is c1ccc(-c2nnc(-c3ccc(N(c4ccccc4)c4ccc(-c5ccc(-n6c7ccccc7c7ccccc76)cc5)cc4)cc3)n2-c2ccccc2)cc1. The third-order valence-electron chi connectivity index (χ3n) is 10.3. The molecule has 0 unspecified atom stereocenters. The Labute approximate surface area is 319 Å². The van der Waals surface area contributed by atoms with Gasteiger partial charge in [-0.05, 0) is 96.1 Å². The van der Waals surface area contributed by atoms with Crippen LogP contribution in [0, 0.1) is 0 Å². The molecule has 0 atom stereocenters. The second kappa shape index (κ2) is 13.8. The summed E-state index contributed by atoms with van der Waals surface area (Å²) in [4.78, 5) is 2.29. The van der Waals surface area contributed by atoms with Gasteiger partial charge >= 0.3 is 0 Å². The fourth-order valence-electron chi connectivity index (χ4n) is 7.66. The normalized spacial score (nSPS) is 11.3. The van der Waals surface area contributed by atoms with Gasteiger partial charge in [0.25, 0.3) is 0 Å². The van der Waals surface area contributed by atoms with Crippen LogP contribution in [0.1, 0.15) is 0 Å². The van der Waals surface area contributed by atoms with Gasteiger partial charge in [0.05, 0.1) is 11.0 Å². The summed E-state index contributed by atoms with van der Waals surface area (Å²) in [5, 5.41) is 11.9. The molecule has 0 amide bonds. The lowest BCUT2D eigenvalue weighted by Crippen LogP contribution is -2.09. The topological polar surface area (TPSA) is 38.9 Å². The molecule has 2 aromatic heterocycles. The molecule has 5 heteroatoms. The van der Waals surface area contributed by atoms with Crippen LogP contribution < -0.4 is 4.90 Å². The molecule has 2 heterocycles. The number of fused-ring (bicyclic) bond motifs is 3. The molecule has 0 N–H and O–H groups in total. The Morgan fingerprint density at radius 3 is 1.22 bits per heavy atom. The first-order chi connectivity index (χ1) is 27.3. The maximum absolute atomic E-state index is 4.71. The Morgan fingerprint density at radius 1 is 0.291 bits per heavy atom. The van der Waals surface area contributed by atoms with Crippen LogP contribution in [0.2, 0.25) is 0 Å². The average molecular weight is 706 g/mol. The van der Waals surface area contributed by atoms with E-state index in [1.165, 1.54) is 27.4 Å². The average Bonchev–Trinajstić information content (AvgIpc) is 3.86. The van der Waals surface area contributed by atoms with Crippen molar-refractivity contribution in [2.75, 3.05) is 4.90 Å². The molecular weight excluding hydrogens is 671 g/mol. The maximum Gasteiger partial charge on any atom is 0.168 e. The van der Waals surface area contributed by atoms with Crippen LogP contribution in [0.5, 0.6) is 0 Å². The van der Waals surface area contributed by atoms with Gasteiger partial charge in [0, 0.05) is 50.3 Å². The Balaban J connectivity index is 0.977. The van der Waals surface area contributed by atoms with Crippen LogP contribution in [0.3, 0.4) is 0 Å². The number of nitrogens with zero attached hydrogens (tertiary/aromatic N) is 5. The summed E-state index contributed by atoms with van der Waals surface area (Å²) >= 11 is 0.